The summed E-state index contributed by atoms with van der Waals surface area (Å²) in [6.07, 6.45) is 2.24. The van der Waals surface area contributed by atoms with E-state index in [1.807, 2.05) is 54.8 Å². The smallest absolute Gasteiger partial charge is 0.231 e. The second kappa shape index (κ2) is 6.12. The molecule has 0 unspecified atom stereocenters. The van der Waals surface area contributed by atoms with Crippen LogP contribution >= 0.6 is 0 Å². The fourth-order valence-electron chi connectivity index (χ4n) is 3.05. The molecule has 3 heterocycles. The van der Waals surface area contributed by atoms with Crippen molar-refractivity contribution in [1.29, 1.82) is 0 Å². The molecule has 1 aliphatic rings. The lowest BCUT2D eigenvalue weighted by molar-refractivity contribution is -0.120. The molecule has 0 saturated heterocycles. The number of rotatable bonds is 4. The predicted octanol–water partition coefficient (Wildman–Crippen LogP) is 2.54. The Hall–Kier alpha value is -3.02. The zero-order chi connectivity index (χ0) is 17.4. The van der Waals surface area contributed by atoms with Crippen molar-refractivity contribution < 1.29 is 14.3 Å². The van der Waals surface area contributed by atoms with Gasteiger partial charge in [-0.1, -0.05) is 12.1 Å². The van der Waals surface area contributed by atoms with Gasteiger partial charge in [-0.25, -0.2) is 4.98 Å². The Balaban J connectivity index is 1.46. The Morgan fingerprint density at radius 3 is 2.96 bits per heavy atom. The molecule has 0 aliphatic carbocycles. The molecule has 2 aromatic heterocycles. The Labute approximate surface area is 145 Å². The molecule has 1 N–H and O–H groups in total. The van der Waals surface area contributed by atoms with Gasteiger partial charge in [0.1, 0.15) is 5.65 Å². The van der Waals surface area contributed by atoms with Gasteiger partial charge in [0.15, 0.2) is 11.5 Å². The number of aryl methyl sites for hydroxylation is 2. The van der Waals surface area contributed by atoms with Crippen LogP contribution in [0.1, 0.15) is 22.5 Å². The van der Waals surface area contributed by atoms with Crippen LogP contribution in [0.2, 0.25) is 0 Å². The number of ether oxygens (including phenoxy) is 2. The van der Waals surface area contributed by atoms with Gasteiger partial charge in [0.2, 0.25) is 12.7 Å². The van der Waals surface area contributed by atoms with E-state index in [0.717, 1.165) is 39.7 Å². The number of benzene rings is 1. The van der Waals surface area contributed by atoms with Gasteiger partial charge in [0.05, 0.1) is 17.8 Å². The van der Waals surface area contributed by atoms with E-state index >= 15 is 0 Å². The molecule has 0 radical (unpaired) electrons. The van der Waals surface area contributed by atoms with Crippen LogP contribution in [0.5, 0.6) is 11.5 Å². The molecule has 0 bridgehead atoms. The second-order valence-corrected chi connectivity index (χ2v) is 6.17. The lowest BCUT2D eigenvalue weighted by atomic mass is 10.2. The number of aromatic nitrogens is 2. The monoisotopic (exact) mass is 337 g/mol. The maximum atomic E-state index is 12.4. The van der Waals surface area contributed by atoms with Crippen molar-refractivity contribution >= 4 is 11.6 Å². The number of carbonyl (C=O) groups is 1. The molecule has 4 rings (SSSR count). The molecule has 3 aromatic rings. The molecule has 25 heavy (non-hydrogen) atoms. The predicted molar refractivity (Wildman–Crippen MR) is 92.8 cm³/mol. The van der Waals surface area contributed by atoms with E-state index < -0.39 is 0 Å². The molecule has 0 fully saturated rings. The quantitative estimate of drug-likeness (QED) is 0.795. The Bertz CT molecular complexity index is 962. The fourth-order valence-corrected chi connectivity index (χ4v) is 3.05. The van der Waals surface area contributed by atoms with E-state index in [1.165, 1.54) is 0 Å². The summed E-state index contributed by atoms with van der Waals surface area (Å²) in [5, 5.41) is 2.96. The normalized spacial score (nSPS) is 12.6. The average molecular weight is 337 g/mol. The summed E-state index contributed by atoms with van der Waals surface area (Å²) in [4.78, 5) is 17.0. The van der Waals surface area contributed by atoms with E-state index in [1.54, 1.807) is 0 Å². The van der Waals surface area contributed by atoms with Gasteiger partial charge >= 0.3 is 0 Å². The number of fused-ring (bicyclic) bond motifs is 2. The Kier molecular flexibility index (Phi) is 3.80. The summed E-state index contributed by atoms with van der Waals surface area (Å²) in [5.74, 6) is 1.43. The van der Waals surface area contributed by atoms with Crippen molar-refractivity contribution in [1.82, 2.24) is 14.7 Å². The summed E-state index contributed by atoms with van der Waals surface area (Å²) in [7, 11) is 0. The molecule has 1 aliphatic heterocycles. The molecule has 128 valence electrons. The molecule has 0 spiro atoms. The van der Waals surface area contributed by atoms with Crippen LogP contribution in [0.3, 0.4) is 0 Å². The third-order valence-electron chi connectivity index (χ3n) is 4.40. The summed E-state index contributed by atoms with van der Waals surface area (Å²) in [5.41, 5.74) is 4.77. The number of nitrogens with zero attached hydrogens (tertiary/aromatic N) is 2. The maximum Gasteiger partial charge on any atom is 0.231 e. The first kappa shape index (κ1) is 15.5. The van der Waals surface area contributed by atoms with Crippen molar-refractivity contribution in [2.24, 2.45) is 0 Å². The fraction of sp³-hybridized carbons (Fsp3) is 0.263. The zero-order valence-electron chi connectivity index (χ0n) is 14.2. The van der Waals surface area contributed by atoms with Gasteiger partial charge in [-0.05, 0) is 43.2 Å². The van der Waals surface area contributed by atoms with Gasteiger partial charge in [-0.2, -0.15) is 0 Å². The molecule has 1 aromatic carbocycles. The number of carbonyl (C=O) groups excluding carboxylic acids is 1. The maximum absolute atomic E-state index is 12.4. The van der Waals surface area contributed by atoms with E-state index in [9.17, 15) is 4.79 Å². The largest absolute Gasteiger partial charge is 0.454 e. The highest BCUT2D eigenvalue weighted by Crippen LogP contribution is 2.32. The van der Waals surface area contributed by atoms with Gasteiger partial charge in [0.25, 0.3) is 0 Å². The van der Waals surface area contributed by atoms with Crippen LogP contribution < -0.4 is 14.8 Å². The number of imidazole rings is 1. The molecule has 0 saturated carbocycles. The second-order valence-electron chi connectivity index (χ2n) is 6.17. The third kappa shape index (κ3) is 2.91. The summed E-state index contributed by atoms with van der Waals surface area (Å²) in [6.45, 7) is 4.65. The van der Waals surface area contributed by atoms with Crippen LogP contribution in [0.15, 0.2) is 36.5 Å². The minimum atomic E-state index is -0.0379. The summed E-state index contributed by atoms with van der Waals surface area (Å²) in [6, 6.07) is 9.67. The molecule has 6 nitrogen and oxygen atoms in total. The highest BCUT2D eigenvalue weighted by atomic mass is 16.7. The first-order chi connectivity index (χ1) is 12.1. The number of hydrogen-bond donors (Lipinski definition) is 1. The molecular formula is C19H19N3O3. The highest BCUT2D eigenvalue weighted by Gasteiger charge is 2.15. The standard InChI is InChI=1S/C19H19N3O3/c1-12-4-3-7-22-15(13(2)21-19(12)22)9-18(23)20-10-14-5-6-16-17(8-14)25-11-24-16/h3-8H,9-11H2,1-2H3,(H,20,23). The van der Waals surface area contributed by atoms with Crippen LogP contribution in [-0.2, 0) is 17.8 Å². The summed E-state index contributed by atoms with van der Waals surface area (Å²) < 4.78 is 12.6. The van der Waals surface area contributed by atoms with Crippen LogP contribution in [0.25, 0.3) is 5.65 Å². The highest BCUT2D eigenvalue weighted by molar-refractivity contribution is 5.78. The van der Waals surface area contributed by atoms with Gasteiger partial charge in [0, 0.05) is 12.7 Å². The van der Waals surface area contributed by atoms with Crippen molar-refractivity contribution in [3.05, 3.63) is 59.0 Å². The van der Waals surface area contributed by atoms with Crippen LogP contribution in [0, 0.1) is 13.8 Å². The molecule has 6 heteroatoms. The number of hydrogen-bond acceptors (Lipinski definition) is 4. The van der Waals surface area contributed by atoms with E-state index in [0.29, 0.717) is 13.0 Å². The Morgan fingerprint density at radius 2 is 2.08 bits per heavy atom. The van der Waals surface area contributed by atoms with Crippen molar-refractivity contribution in [3.63, 3.8) is 0 Å². The van der Waals surface area contributed by atoms with Crippen molar-refractivity contribution in [3.8, 4) is 11.5 Å². The number of amides is 1. The number of pyridine rings is 1. The van der Waals surface area contributed by atoms with Crippen molar-refractivity contribution in [2.75, 3.05) is 6.79 Å². The van der Waals surface area contributed by atoms with E-state index in [4.69, 9.17) is 9.47 Å². The summed E-state index contributed by atoms with van der Waals surface area (Å²) >= 11 is 0. The molecular weight excluding hydrogens is 318 g/mol. The van der Waals surface area contributed by atoms with Gasteiger partial charge in [-0.15, -0.1) is 0 Å². The van der Waals surface area contributed by atoms with E-state index in [2.05, 4.69) is 10.3 Å². The lowest BCUT2D eigenvalue weighted by Crippen LogP contribution is -2.25. The van der Waals surface area contributed by atoms with Gasteiger partial charge < -0.3 is 19.2 Å². The topological polar surface area (TPSA) is 64.9 Å². The average Bonchev–Trinajstić information content (AvgIpc) is 3.19. The Morgan fingerprint density at radius 1 is 1.24 bits per heavy atom. The third-order valence-corrected chi connectivity index (χ3v) is 4.40. The SMILES string of the molecule is Cc1nc2c(C)cccn2c1CC(=O)NCc1ccc2c(c1)OCO2. The first-order valence-electron chi connectivity index (χ1n) is 8.20. The molecule has 0 atom stereocenters. The zero-order valence-corrected chi connectivity index (χ0v) is 14.2. The van der Waals surface area contributed by atoms with Gasteiger partial charge in [-0.3, -0.25) is 4.79 Å². The minimum absolute atomic E-state index is 0.0379. The lowest BCUT2D eigenvalue weighted by Gasteiger charge is -2.07. The van der Waals surface area contributed by atoms with Crippen LogP contribution in [-0.4, -0.2) is 22.1 Å². The van der Waals surface area contributed by atoms with E-state index in [-0.39, 0.29) is 12.7 Å². The molecule has 1 amide bonds. The minimum Gasteiger partial charge on any atom is -0.454 e. The number of nitrogens with one attached hydrogen (secondary N) is 1. The van der Waals surface area contributed by atoms with Crippen molar-refractivity contribution in [2.45, 2.75) is 26.8 Å². The first-order valence-corrected chi connectivity index (χ1v) is 8.20. The van der Waals surface area contributed by atoms with Crippen LogP contribution in [0.4, 0.5) is 0 Å².